The summed E-state index contributed by atoms with van der Waals surface area (Å²) in [5, 5.41) is 14.7. The summed E-state index contributed by atoms with van der Waals surface area (Å²) >= 11 is 2.74. The van der Waals surface area contributed by atoms with E-state index < -0.39 is 11.6 Å². The third-order valence-electron chi connectivity index (χ3n) is 4.29. The van der Waals surface area contributed by atoms with Gasteiger partial charge in [0.25, 0.3) is 0 Å². The number of rotatable bonds is 5. The molecule has 0 fully saturated rings. The van der Waals surface area contributed by atoms with Crippen molar-refractivity contribution < 1.29 is 9.18 Å². The lowest BCUT2D eigenvalue weighted by atomic mass is 10.1. The molecule has 0 aliphatic carbocycles. The van der Waals surface area contributed by atoms with Crippen LogP contribution in [0, 0.1) is 5.82 Å². The van der Waals surface area contributed by atoms with Crippen molar-refractivity contribution in [2.24, 2.45) is 0 Å². The number of fused-ring (bicyclic) bond motifs is 1. The Bertz CT molecular complexity index is 1400. The van der Waals surface area contributed by atoms with Crippen molar-refractivity contribution >= 4 is 39.4 Å². The number of aromatic nitrogens is 6. The van der Waals surface area contributed by atoms with Gasteiger partial charge in [0.2, 0.25) is 5.91 Å². The highest BCUT2D eigenvalue weighted by Gasteiger charge is 2.19. The highest BCUT2D eigenvalue weighted by Crippen LogP contribution is 2.30. The smallest absolute Gasteiger partial charge is 0.308 e. The van der Waals surface area contributed by atoms with Crippen molar-refractivity contribution in [1.29, 1.82) is 0 Å². The Morgan fingerprint density at radius 1 is 1.10 bits per heavy atom. The summed E-state index contributed by atoms with van der Waals surface area (Å²) in [7, 11) is 0. The number of thiazole rings is 1. The van der Waals surface area contributed by atoms with E-state index in [-0.39, 0.29) is 12.4 Å². The van der Waals surface area contributed by atoms with Gasteiger partial charge >= 0.3 is 5.69 Å². The van der Waals surface area contributed by atoms with Crippen LogP contribution >= 0.6 is 22.7 Å². The van der Waals surface area contributed by atoms with E-state index in [1.54, 1.807) is 34.9 Å². The number of imidazole rings is 1. The van der Waals surface area contributed by atoms with E-state index in [1.165, 1.54) is 34.8 Å². The molecule has 4 heterocycles. The van der Waals surface area contributed by atoms with Crippen LogP contribution in [-0.2, 0) is 11.3 Å². The zero-order valence-corrected chi connectivity index (χ0v) is 16.7. The molecule has 12 heteroatoms. The van der Waals surface area contributed by atoms with Crippen molar-refractivity contribution in [3.63, 3.8) is 0 Å². The average molecular weight is 441 g/mol. The molecule has 0 aliphatic rings. The summed E-state index contributed by atoms with van der Waals surface area (Å²) in [6.07, 6.45) is 1.77. The van der Waals surface area contributed by atoms with E-state index in [0.29, 0.717) is 27.0 Å². The van der Waals surface area contributed by atoms with Crippen LogP contribution in [0.5, 0.6) is 0 Å². The van der Waals surface area contributed by atoms with Crippen LogP contribution in [0.3, 0.4) is 0 Å². The zero-order valence-electron chi connectivity index (χ0n) is 15.1. The van der Waals surface area contributed by atoms with Gasteiger partial charge in [-0.15, -0.1) is 22.7 Å². The number of tetrazole rings is 1. The molecule has 1 N–H and O–H groups in total. The van der Waals surface area contributed by atoms with E-state index in [0.717, 1.165) is 9.36 Å². The molecule has 1 amide bonds. The highest BCUT2D eigenvalue weighted by atomic mass is 32.1. The predicted octanol–water partition coefficient (Wildman–Crippen LogP) is 2.64. The van der Waals surface area contributed by atoms with Gasteiger partial charge in [0.15, 0.2) is 4.96 Å². The Hall–Kier alpha value is -3.64. The maximum atomic E-state index is 13.3. The van der Waals surface area contributed by atoms with Gasteiger partial charge in [-0.2, -0.15) is 9.36 Å². The number of thiophene rings is 1. The van der Waals surface area contributed by atoms with Crippen LogP contribution in [0.1, 0.15) is 0 Å². The number of carbonyl (C=O) groups excluding carboxylic acids is 1. The molecule has 0 atom stereocenters. The first-order valence-electron chi connectivity index (χ1n) is 8.68. The second-order valence-electron chi connectivity index (χ2n) is 6.20. The summed E-state index contributed by atoms with van der Waals surface area (Å²) in [4.78, 5) is 30.4. The maximum absolute atomic E-state index is 13.3. The second-order valence-corrected chi connectivity index (χ2v) is 8.00. The fraction of sp³-hybridized carbons (Fsp3) is 0.0556. The van der Waals surface area contributed by atoms with Crippen molar-refractivity contribution in [3.8, 4) is 16.3 Å². The minimum absolute atomic E-state index is 0.315. The largest absolute Gasteiger partial charge is 0.369 e. The average Bonchev–Trinajstić information content (AvgIpc) is 3.50. The first-order valence-corrected chi connectivity index (χ1v) is 10.4. The molecule has 1 aromatic carbocycles. The summed E-state index contributed by atoms with van der Waals surface area (Å²) in [6.45, 7) is -0.315. The number of nitrogens with one attached hydrogen (secondary N) is 1. The quantitative estimate of drug-likeness (QED) is 0.452. The Kier molecular flexibility index (Phi) is 4.48. The molecule has 0 spiro atoms. The summed E-state index contributed by atoms with van der Waals surface area (Å²) in [5.74, 6) is -0.396. The van der Waals surface area contributed by atoms with Crippen LogP contribution in [0.15, 0.2) is 58.1 Å². The van der Waals surface area contributed by atoms with Crippen molar-refractivity contribution in [1.82, 2.24) is 29.2 Å². The van der Waals surface area contributed by atoms with Gasteiger partial charge in [-0.25, -0.2) is 14.2 Å². The number of amides is 1. The van der Waals surface area contributed by atoms with E-state index in [4.69, 9.17) is 0 Å². The molecule has 30 heavy (non-hydrogen) atoms. The Morgan fingerprint density at radius 2 is 1.93 bits per heavy atom. The van der Waals surface area contributed by atoms with Crippen LogP contribution in [0.2, 0.25) is 0 Å². The van der Waals surface area contributed by atoms with E-state index in [9.17, 15) is 14.0 Å². The minimum atomic E-state index is -0.514. The lowest BCUT2D eigenvalue weighted by Gasteiger charge is -2.07. The monoisotopic (exact) mass is 441 g/mol. The number of carbonyl (C=O) groups is 1. The van der Waals surface area contributed by atoms with E-state index in [2.05, 4.69) is 20.7 Å². The number of anilines is 1. The van der Waals surface area contributed by atoms with Crippen molar-refractivity contribution in [3.05, 3.63) is 69.7 Å². The van der Waals surface area contributed by atoms with Gasteiger partial charge in [-0.05, 0) is 52.2 Å². The van der Waals surface area contributed by atoms with Crippen LogP contribution < -0.4 is 11.0 Å². The number of hydrogen-bond donors (Lipinski definition) is 1. The molecular weight excluding hydrogens is 429 g/mol. The van der Waals surface area contributed by atoms with Crippen LogP contribution in [-0.4, -0.2) is 35.1 Å². The van der Waals surface area contributed by atoms with Gasteiger partial charge in [0, 0.05) is 17.1 Å². The zero-order chi connectivity index (χ0) is 20.7. The number of hydrogen-bond acceptors (Lipinski definition) is 7. The number of benzene rings is 1. The predicted molar refractivity (Wildman–Crippen MR) is 111 cm³/mol. The Balaban J connectivity index is 1.44. The van der Waals surface area contributed by atoms with Crippen molar-refractivity contribution in [2.45, 2.75) is 6.54 Å². The molecule has 0 saturated carbocycles. The molecule has 9 nitrogen and oxygen atoms in total. The molecule has 0 bridgehead atoms. The molecule has 5 rings (SSSR count). The van der Waals surface area contributed by atoms with Gasteiger partial charge in [0.05, 0.1) is 0 Å². The Labute approximate surface area is 175 Å². The lowest BCUT2D eigenvalue weighted by Crippen LogP contribution is -2.29. The molecule has 0 saturated heterocycles. The maximum Gasteiger partial charge on any atom is 0.369 e. The summed E-state index contributed by atoms with van der Waals surface area (Å²) in [5.41, 5.74) is 0.647. The number of halogens is 1. The van der Waals surface area contributed by atoms with Crippen molar-refractivity contribution in [2.75, 3.05) is 5.32 Å². The van der Waals surface area contributed by atoms with E-state index in [1.807, 2.05) is 10.8 Å². The summed E-state index contributed by atoms with van der Waals surface area (Å²) in [6, 6.07) is 9.37. The first-order chi connectivity index (χ1) is 14.6. The Morgan fingerprint density at radius 3 is 2.70 bits per heavy atom. The van der Waals surface area contributed by atoms with E-state index >= 15 is 0 Å². The molecular formula is C18H12FN7O2S2. The normalized spacial score (nSPS) is 11.2. The third-order valence-corrected chi connectivity index (χ3v) is 5.89. The molecule has 5 aromatic rings. The molecule has 0 radical (unpaired) electrons. The second kappa shape index (κ2) is 7.31. The van der Waals surface area contributed by atoms with Gasteiger partial charge in [-0.1, -0.05) is 0 Å². The SMILES string of the molecule is O=C(Cn1nnn(-c2cccs2)c1=O)Nc1c(-c2ccc(F)cc2)nc2sccn12. The topological polar surface area (TPSA) is 99.1 Å². The fourth-order valence-electron chi connectivity index (χ4n) is 2.92. The molecule has 0 aliphatic heterocycles. The first kappa shape index (κ1) is 18.4. The van der Waals surface area contributed by atoms with Gasteiger partial charge in [0.1, 0.15) is 28.9 Å². The molecule has 0 unspecified atom stereocenters. The minimum Gasteiger partial charge on any atom is -0.308 e. The lowest BCUT2D eigenvalue weighted by molar-refractivity contribution is -0.117. The standard InChI is InChI=1S/C18H12FN7O2S2/c19-12-5-3-11(4-6-12)15-16(24-7-9-30-17(24)21-15)20-13(27)10-25-18(28)26(23-22-25)14-2-1-8-29-14/h1-9H,10H2,(H,20,27). The molecule has 150 valence electrons. The summed E-state index contributed by atoms with van der Waals surface area (Å²) < 4.78 is 17.2. The van der Waals surface area contributed by atoms with Gasteiger partial charge in [-0.3, -0.25) is 9.20 Å². The fourth-order valence-corrected chi connectivity index (χ4v) is 4.31. The number of nitrogens with zero attached hydrogens (tertiary/aromatic N) is 6. The highest BCUT2D eigenvalue weighted by molar-refractivity contribution is 7.15. The molecule has 4 aromatic heterocycles. The third kappa shape index (κ3) is 3.21. The van der Waals surface area contributed by atoms with Crippen LogP contribution in [0.25, 0.3) is 21.2 Å². The van der Waals surface area contributed by atoms with Gasteiger partial charge < -0.3 is 5.32 Å². The van der Waals surface area contributed by atoms with Crippen LogP contribution in [0.4, 0.5) is 10.2 Å².